The van der Waals surface area contributed by atoms with Crippen molar-refractivity contribution in [1.82, 2.24) is 14.9 Å². The summed E-state index contributed by atoms with van der Waals surface area (Å²) >= 11 is 0. The molecule has 0 aromatic heterocycles. The van der Waals surface area contributed by atoms with Crippen molar-refractivity contribution in [2.45, 2.75) is 52.4 Å². The van der Waals surface area contributed by atoms with Gasteiger partial charge in [0.15, 0.2) is 0 Å². The van der Waals surface area contributed by atoms with Crippen LogP contribution in [0.3, 0.4) is 0 Å². The summed E-state index contributed by atoms with van der Waals surface area (Å²) < 4.78 is 30.9. The molecule has 0 saturated carbocycles. The van der Waals surface area contributed by atoms with Crippen molar-refractivity contribution in [2.75, 3.05) is 32.4 Å². The maximum atomic E-state index is 12.2. The Morgan fingerprint density at radius 3 is 2.30 bits per heavy atom. The molecule has 0 spiro atoms. The van der Waals surface area contributed by atoms with Gasteiger partial charge in [0.2, 0.25) is 15.9 Å². The molecule has 1 aliphatic rings. The number of rotatable bonds is 8. The minimum atomic E-state index is -3.41. The summed E-state index contributed by atoms with van der Waals surface area (Å²) in [5, 5.41) is 2.84. The molecule has 1 fully saturated rings. The van der Waals surface area contributed by atoms with Crippen molar-refractivity contribution in [2.24, 2.45) is 5.92 Å². The summed E-state index contributed by atoms with van der Waals surface area (Å²) in [6, 6.07) is -0.715. The van der Waals surface area contributed by atoms with Gasteiger partial charge in [0.25, 0.3) is 0 Å². The highest BCUT2D eigenvalue weighted by molar-refractivity contribution is 7.88. The highest BCUT2D eigenvalue weighted by Gasteiger charge is 2.24. The zero-order valence-corrected chi connectivity index (χ0v) is 15.6. The first-order valence-electron chi connectivity index (χ1n) is 8.19. The fourth-order valence-electron chi connectivity index (χ4n) is 2.87. The van der Waals surface area contributed by atoms with Crippen LogP contribution >= 0.6 is 0 Å². The molecule has 136 valence electrons. The lowest BCUT2D eigenvalue weighted by atomic mass is 10.0. The Bertz CT molecular complexity index is 471. The number of ether oxygens (including phenoxy) is 1. The van der Waals surface area contributed by atoms with E-state index in [9.17, 15) is 13.2 Å². The minimum Gasteiger partial charge on any atom is -0.373 e. The first kappa shape index (κ1) is 20.3. The third-order valence-corrected chi connectivity index (χ3v) is 4.32. The number of hydrogen-bond donors (Lipinski definition) is 2. The molecule has 1 heterocycles. The quantitative estimate of drug-likeness (QED) is 0.652. The third-order valence-electron chi connectivity index (χ3n) is 3.60. The van der Waals surface area contributed by atoms with Crippen LogP contribution in [-0.2, 0) is 19.6 Å². The summed E-state index contributed by atoms with van der Waals surface area (Å²) in [6.45, 7) is 10.9. The van der Waals surface area contributed by atoms with Crippen LogP contribution in [0.1, 0.15) is 34.1 Å². The molecule has 1 rings (SSSR count). The lowest BCUT2D eigenvalue weighted by Crippen LogP contribution is -2.51. The molecule has 1 amide bonds. The molecule has 2 N–H and O–H groups in total. The second-order valence-electron chi connectivity index (χ2n) is 6.88. The molecular weight excluding hydrogens is 318 g/mol. The van der Waals surface area contributed by atoms with Gasteiger partial charge in [-0.3, -0.25) is 9.69 Å². The van der Waals surface area contributed by atoms with E-state index in [1.807, 2.05) is 27.7 Å². The second kappa shape index (κ2) is 8.96. The Labute approximate surface area is 140 Å². The predicted molar refractivity (Wildman–Crippen MR) is 90.7 cm³/mol. The highest BCUT2D eigenvalue weighted by Crippen LogP contribution is 2.10. The Morgan fingerprint density at radius 2 is 1.83 bits per heavy atom. The van der Waals surface area contributed by atoms with Crippen molar-refractivity contribution in [3.8, 4) is 0 Å². The standard InChI is InChI=1S/C15H31N3O4S/c1-11(2)8-14(17-23(5,20)21)15(19)16-6-7-18-9-12(3)22-13(4)10-18/h11-14,17H,6-10H2,1-5H3,(H,16,19)/t12-,13+,14-/m1/s1. The fourth-order valence-corrected chi connectivity index (χ4v) is 3.59. The van der Waals surface area contributed by atoms with Gasteiger partial charge in [-0.25, -0.2) is 13.1 Å². The lowest BCUT2D eigenvalue weighted by Gasteiger charge is -2.35. The Hall–Kier alpha value is -0.700. The SMILES string of the molecule is CC(C)C[C@@H](NS(C)(=O)=O)C(=O)NCCN1C[C@@H](C)O[C@@H](C)C1. The fraction of sp³-hybridized carbons (Fsp3) is 0.933. The van der Waals surface area contributed by atoms with E-state index in [1.54, 1.807) is 0 Å². The summed E-state index contributed by atoms with van der Waals surface area (Å²) in [7, 11) is -3.41. The average Bonchev–Trinajstić information content (AvgIpc) is 2.34. The zero-order valence-electron chi connectivity index (χ0n) is 14.8. The summed E-state index contributed by atoms with van der Waals surface area (Å²) in [5.74, 6) is -0.0422. The molecule has 23 heavy (non-hydrogen) atoms. The van der Waals surface area contributed by atoms with Crippen molar-refractivity contribution in [3.63, 3.8) is 0 Å². The number of nitrogens with one attached hydrogen (secondary N) is 2. The third kappa shape index (κ3) is 8.64. The molecule has 3 atom stereocenters. The van der Waals surface area contributed by atoms with Crippen LogP contribution in [0.15, 0.2) is 0 Å². The van der Waals surface area contributed by atoms with Gasteiger partial charge in [0, 0.05) is 26.2 Å². The number of carbonyl (C=O) groups excluding carboxylic acids is 1. The van der Waals surface area contributed by atoms with E-state index in [-0.39, 0.29) is 24.0 Å². The predicted octanol–water partition coefficient (Wildman–Crippen LogP) is 0.176. The molecular formula is C15H31N3O4S. The molecule has 7 nitrogen and oxygen atoms in total. The van der Waals surface area contributed by atoms with E-state index in [4.69, 9.17) is 4.74 Å². The number of hydrogen-bond acceptors (Lipinski definition) is 5. The lowest BCUT2D eigenvalue weighted by molar-refractivity contribution is -0.123. The van der Waals surface area contributed by atoms with Crippen LogP contribution < -0.4 is 10.0 Å². The van der Waals surface area contributed by atoms with Gasteiger partial charge in [0.1, 0.15) is 6.04 Å². The van der Waals surface area contributed by atoms with E-state index < -0.39 is 16.1 Å². The normalized spacial score (nSPS) is 24.6. The van der Waals surface area contributed by atoms with Crippen LogP contribution in [-0.4, -0.2) is 69.9 Å². The topological polar surface area (TPSA) is 87.7 Å². The molecule has 0 aliphatic carbocycles. The van der Waals surface area contributed by atoms with E-state index in [0.717, 1.165) is 25.9 Å². The molecule has 0 aromatic carbocycles. The number of sulfonamides is 1. The van der Waals surface area contributed by atoms with Gasteiger partial charge in [0.05, 0.1) is 18.5 Å². The van der Waals surface area contributed by atoms with Crippen molar-refractivity contribution >= 4 is 15.9 Å². The van der Waals surface area contributed by atoms with Crippen LogP contribution in [0, 0.1) is 5.92 Å². The number of amides is 1. The molecule has 0 radical (unpaired) electrons. The second-order valence-corrected chi connectivity index (χ2v) is 8.66. The molecule has 0 aromatic rings. The maximum absolute atomic E-state index is 12.2. The molecule has 0 bridgehead atoms. The van der Waals surface area contributed by atoms with E-state index in [0.29, 0.717) is 13.0 Å². The monoisotopic (exact) mass is 349 g/mol. The van der Waals surface area contributed by atoms with Gasteiger partial charge in [-0.15, -0.1) is 0 Å². The smallest absolute Gasteiger partial charge is 0.238 e. The first-order valence-corrected chi connectivity index (χ1v) is 10.1. The van der Waals surface area contributed by atoms with Crippen LogP contribution in [0.4, 0.5) is 0 Å². The van der Waals surface area contributed by atoms with Crippen molar-refractivity contribution in [1.29, 1.82) is 0 Å². The Morgan fingerprint density at radius 1 is 1.26 bits per heavy atom. The maximum Gasteiger partial charge on any atom is 0.238 e. The van der Waals surface area contributed by atoms with Crippen LogP contribution in [0.25, 0.3) is 0 Å². The van der Waals surface area contributed by atoms with E-state index in [2.05, 4.69) is 14.9 Å². The van der Waals surface area contributed by atoms with Crippen LogP contribution in [0.5, 0.6) is 0 Å². The van der Waals surface area contributed by atoms with Crippen molar-refractivity contribution in [3.05, 3.63) is 0 Å². The Balaban J connectivity index is 2.45. The molecule has 1 saturated heterocycles. The molecule has 8 heteroatoms. The van der Waals surface area contributed by atoms with Gasteiger partial charge in [-0.2, -0.15) is 0 Å². The molecule has 1 aliphatic heterocycles. The summed E-state index contributed by atoms with van der Waals surface area (Å²) in [5.41, 5.74) is 0. The van der Waals surface area contributed by atoms with Gasteiger partial charge >= 0.3 is 0 Å². The largest absolute Gasteiger partial charge is 0.373 e. The van der Waals surface area contributed by atoms with Gasteiger partial charge in [-0.05, 0) is 26.2 Å². The first-order chi connectivity index (χ1) is 10.6. The van der Waals surface area contributed by atoms with E-state index >= 15 is 0 Å². The number of nitrogens with zero attached hydrogens (tertiary/aromatic N) is 1. The van der Waals surface area contributed by atoms with Gasteiger partial charge in [-0.1, -0.05) is 13.8 Å². The Kier molecular flexibility index (Phi) is 7.93. The van der Waals surface area contributed by atoms with E-state index in [1.165, 1.54) is 0 Å². The van der Waals surface area contributed by atoms with Gasteiger partial charge < -0.3 is 10.1 Å². The highest BCUT2D eigenvalue weighted by atomic mass is 32.2. The number of carbonyl (C=O) groups is 1. The summed E-state index contributed by atoms with van der Waals surface area (Å²) in [6.07, 6.45) is 1.93. The van der Waals surface area contributed by atoms with Crippen LogP contribution in [0.2, 0.25) is 0 Å². The molecule has 0 unspecified atom stereocenters. The van der Waals surface area contributed by atoms with Crippen molar-refractivity contribution < 1.29 is 17.9 Å². The summed E-state index contributed by atoms with van der Waals surface area (Å²) in [4.78, 5) is 14.5. The zero-order chi connectivity index (χ0) is 17.6. The minimum absolute atomic E-state index is 0.190. The average molecular weight is 349 g/mol. The number of morpholine rings is 1.